The standard InChI is InChI=1S/C9H10N2/c1-2-4-8-6-10-11-7-9(8)5-3-1/h1-2,4-6,11H,3,7H2. The molecular formula is C9H10N2. The van der Waals surface area contributed by atoms with Gasteiger partial charge in [0.15, 0.2) is 0 Å². The van der Waals surface area contributed by atoms with Gasteiger partial charge in [0.05, 0.1) is 12.8 Å². The Kier molecular flexibility index (Phi) is 1.60. The van der Waals surface area contributed by atoms with Crippen LogP contribution in [0.3, 0.4) is 0 Å². The first-order chi connectivity index (χ1) is 5.47. The zero-order valence-electron chi connectivity index (χ0n) is 6.25. The fraction of sp³-hybridized carbons (Fsp3) is 0.222. The van der Waals surface area contributed by atoms with Crippen molar-refractivity contribution in [3.8, 4) is 0 Å². The minimum Gasteiger partial charge on any atom is -0.306 e. The Morgan fingerprint density at radius 3 is 3.45 bits per heavy atom. The molecule has 1 aliphatic carbocycles. The van der Waals surface area contributed by atoms with E-state index in [9.17, 15) is 0 Å². The molecule has 2 rings (SSSR count). The van der Waals surface area contributed by atoms with Crippen LogP contribution in [0.15, 0.2) is 40.6 Å². The van der Waals surface area contributed by atoms with Crippen molar-refractivity contribution in [2.45, 2.75) is 6.42 Å². The van der Waals surface area contributed by atoms with Gasteiger partial charge in [-0.2, -0.15) is 5.10 Å². The molecule has 0 radical (unpaired) electrons. The fourth-order valence-electron chi connectivity index (χ4n) is 1.23. The lowest BCUT2D eigenvalue weighted by atomic mass is 10.1. The number of nitrogens with zero attached hydrogens (tertiary/aromatic N) is 1. The molecule has 1 aliphatic heterocycles. The van der Waals surface area contributed by atoms with E-state index in [-0.39, 0.29) is 0 Å². The van der Waals surface area contributed by atoms with Gasteiger partial charge < -0.3 is 5.43 Å². The van der Waals surface area contributed by atoms with Crippen molar-refractivity contribution < 1.29 is 0 Å². The van der Waals surface area contributed by atoms with Crippen molar-refractivity contribution >= 4 is 6.21 Å². The summed E-state index contributed by atoms with van der Waals surface area (Å²) >= 11 is 0. The third kappa shape index (κ3) is 1.24. The SMILES string of the molecule is C1=CCC=C2CNN=CC2=C1. The summed E-state index contributed by atoms with van der Waals surface area (Å²) in [5, 5.41) is 3.99. The van der Waals surface area contributed by atoms with Gasteiger partial charge >= 0.3 is 0 Å². The van der Waals surface area contributed by atoms with E-state index in [1.165, 1.54) is 11.1 Å². The van der Waals surface area contributed by atoms with Gasteiger partial charge in [0, 0.05) is 0 Å². The van der Waals surface area contributed by atoms with Crippen LogP contribution in [0.1, 0.15) is 6.42 Å². The minimum atomic E-state index is 0.865. The molecule has 0 atom stereocenters. The van der Waals surface area contributed by atoms with E-state index < -0.39 is 0 Å². The number of fused-ring (bicyclic) bond motifs is 1. The lowest BCUT2D eigenvalue weighted by Crippen LogP contribution is -2.17. The van der Waals surface area contributed by atoms with Crippen molar-refractivity contribution in [3.63, 3.8) is 0 Å². The van der Waals surface area contributed by atoms with Crippen molar-refractivity contribution in [1.82, 2.24) is 5.43 Å². The monoisotopic (exact) mass is 146 g/mol. The molecule has 0 fully saturated rings. The normalized spacial score (nSPS) is 21.1. The van der Waals surface area contributed by atoms with Crippen LogP contribution in [0.25, 0.3) is 0 Å². The first-order valence-electron chi connectivity index (χ1n) is 3.79. The minimum absolute atomic E-state index is 0.865. The molecule has 0 aromatic rings. The molecule has 0 amide bonds. The smallest absolute Gasteiger partial charge is 0.0583 e. The molecule has 2 nitrogen and oxygen atoms in total. The van der Waals surface area contributed by atoms with Crippen LogP contribution in [0.4, 0.5) is 0 Å². The van der Waals surface area contributed by atoms with Crippen LogP contribution < -0.4 is 5.43 Å². The summed E-state index contributed by atoms with van der Waals surface area (Å²) in [6, 6.07) is 0. The number of nitrogens with one attached hydrogen (secondary N) is 1. The topological polar surface area (TPSA) is 24.4 Å². The fourth-order valence-corrected chi connectivity index (χ4v) is 1.23. The van der Waals surface area contributed by atoms with E-state index in [1.807, 2.05) is 6.21 Å². The summed E-state index contributed by atoms with van der Waals surface area (Å²) in [4.78, 5) is 0. The molecule has 0 aromatic heterocycles. The van der Waals surface area contributed by atoms with Gasteiger partial charge in [0.1, 0.15) is 0 Å². The summed E-state index contributed by atoms with van der Waals surface area (Å²) in [7, 11) is 0. The van der Waals surface area contributed by atoms with E-state index >= 15 is 0 Å². The highest BCUT2D eigenvalue weighted by Gasteiger charge is 2.06. The van der Waals surface area contributed by atoms with E-state index in [2.05, 4.69) is 34.8 Å². The summed E-state index contributed by atoms with van der Waals surface area (Å²) in [5.41, 5.74) is 5.53. The van der Waals surface area contributed by atoms with Crippen molar-refractivity contribution in [1.29, 1.82) is 0 Å². The van der Waals surface area contributed by atoms with Crippen LogP contribution in [-0.2, 0) is 0 Å². The highest BCUT2D eigenvalue weighted by molar-refractivity contribution is 5.86. The summed E-state index contributed by atoms with van der Waals surface area (Å²) < 4.78 is 0. The molecule has 1 heterocycles. The average Bonchev–Trinajstić information content (AvgIpc) is 2.28. The van der Waals surface area contributed by atoms with Gasteiger partial charge in [-0.25, -0.2) is 0 Å². The van der Waals surface area contributed by atoms with Crippen molar-refractivity contribution in [2.75, 3.05) is 6.54 Å². The number of hydrazone groups is 1. The average molecular weight is 146 g/mol. The largest absolute Gasteiger partial charge is 0.306 e. The molecule has 0 saturated heterocycles. The van der Waals surface area contributed by atoms with Gasteiger partial charge in [-0.1, -0.05) is 24.3 Å². The van der Waals surface area contributed by atoms with Crippen LogP contribution in [0.2, 0.25) is 0 Å². The van der Waals surface area contributed by atoms with E-state index in [1.54, 1.807) is 0 Å². The van der Waals surface area contributed by atoms with Crippen LogP contribution in [0.5, 0.6) is 0 Å². The maximum atomic E-state index is 3.99. The Hall–Kier alpha value is -1.31. The lowest BCUT2D eigenvalue weighted by molar-refractivity contribution is 0.793. The highest BCUT2D eigenvalue weighted by atomic mass is 15.3. The predicted octanol–water partition coefficient (Wildman–Crippen LogP) is 1.39. The van der Waals surface area contributed by atoms with Gasteiger partial charge in [0.25, 0.3) is 0 Å². The quantitative estimate of drug-likeness (QED) is 0.548. The van der Waals surface area contributed by atoms with Gasteiger partial charge in [-0.15, -0.1) is 0 Å². The molecule has 11 heavy (non-hydrogen) atoms. The van der Waals surface area contributed by atoms with Gasteiger partial charge in [-0.3, -0.25) is 0 Å². The molecule has 1 N–H and O–H groups in total. The summed E-state index contributed by atoms with van der Waals surface area (Å²) in [6.07, 6.45) is 11.5. The molecule has 2 aliphatic rings. The number of hydrogen-bond acceptors (Lipinski definition) is 2. The third-order valence-corrected chi connectivity index (χ3v) is 1.85. The van der Waals surface area contributed by atoms with E-state index in [0.29, 0.717) is 0 Å². The second-order valence-corrected chi connectivity index (χ2v) is 2.61. The van der Waals surface area contributed by atoms with Crippen molar-refractivity contribution in [3.05, 3.63) is 35.5 Å². The van der Waals surface area contributed by atoms with Crippen molar-refractivity contribution in [2.24, 2.45) is 5.10 Å². The third-order valence-electron chi connectivity index (χ3n) is 1.85. The molecule has 56 valence electrons. The Bertz CT molecular complexity index is 269. The Morgan fingerprint density at radius 1 is 1.45 bits per heavy atom. The molecular weight excluding hydrogens is 136 g/mol. The lowest BCUT2D eigenvalue weighted by Gasteiger charge is -2.11. The number of allylic oxidation sites excluding steroid dienone is 4. The number of hydrogen-bond donors (Lipinski definition) is 1. The first kappa shape index (κ1) is 6.40. The van der Waals surface area contributed by atoms with Crippen LogP contribution in [0, 0.1) is 0 Å². The number of rotatable bonds is 0. The molecule has 0 bridgehead atoms. The van der Waals surface area contributed by atoms with Crippen LogP contribution >= 0.6 is 0 Å². The van der Waals surface area contributed by atoms with Gasteiger partial charge in [-0.05, 0) is 17.6 Å². The van der Waals surface area contributed by atoms with Gasteiger partial charge in [0.2, 0.25) is 0 Å². The Balaban J connectivity index is 2.38. The Morgan fingerprint density at radius 2 is 2.45 bits per heavy atom. The maximum absolute atomic E-state index is 3.99. The zero-order valence-corrected chi connectivity index (χ0v) is 6.25. The molecule has 0 saturated carbocycles. The van der Waals surface area contributed by atoms with E-state index in [4.69, 9.17) is 0 Å². The molecule has 2 heteroatoms. The van der Waals surface area contributed by atoms with Crippen LogP contribution in [-0.4, -0.2) is 12.8 Å². The zero-order chi connectivity index (χ0) is 7.52. The molecule has 0 aromatic carbocycles. The first-order valence-corrected chi connectivity index (χ1v) is 3.79. The summed E-state index contributed by atoms with van der Waals surface area (Å²) in [5.74, 6) is 0. The highest BCUT2D eigenvalue weighted by Crippen LogP contribution is 2.14. The van der Waals surface area contributed by atoms with E-state index in [0.717, 1.165) is 13.0 Å². The molecule has 0 spiro atoms. The molecule has 0 unspecified atom stereocenters. The predicted molar refractivity (Wildman–Crippen MR) is 46.4 cm³/mol. The second-order valence-electron chi connectivity index (χ2n) is 2.61. The maximum Gasteiger partial charge on any atom is 0.0583 e. The second kappa shape index (κ2) is 2.74. The Labute approximate surface area is 66.0 Å². The summed E-state index contributed by atoms with van der Waals surface area (Å²) in [6.45, 7) is 0.865.